The Kier molecular flexibility index (Phi) is 5.24. The Hall–Kier alpha value is -3.68. The number of hydrogen-bond donors (Lipinski definition) is 3. The second kappa shape index (κ2) is 8.14. The van der Waals surface area contributed by atoms with E-state index in [0.29, 0.717) is 30.4 Å². The van der Waals surface area contributed by atoms with Crippen LogP contribution in [0.4, 0.5) is 0 Å². The molecule has 1 atom stereocenters. The van der Waals surface area contributed by atoms with E-state index in [4.69, 9.17) is 4.74 Å². The molecule has 0 saturated heterocycles. The molecule has 4 rings (SSSR count). The van der Waals surface area contributed by atoms with E-state index in [0.717, 1.165) is 16.9 Å². The SMILES string of the molecule is COc1ccc(CCNC(=O)c2nc3ccc(C4C=NNC4)cc3c(=O)[nH]2)cc1. The summed E-state index contributed by atoms with van der Waals surface area (Å²) in [5, 5.41) is 7.26. The number of rotatable bonds is 6. The lowest BCUT2D eigenvalue weighted by Gasteiger charge is -2.09. The van der Waals surface area contributed by atoms with Gasteiger partial charge in [0.05, 0.1) is 18.0 Å². The molecule has 0 aliphatic carbocycles. The van der Waals surface area contributed by atoms with Gasteiger partial charge in [0, 0.05) is 25.2 Å². The van der Waals surface area contributed by atoms with Gasteiger partial charge in [0.1, 0.15) is 5.75 Å². The average Bonchev–Trinajstić information content (AvgIpc) is 3.29. The van der Waals surface area contributed by atoms with Crippen LogP contribution in [0.5, 0.6) is 5.75 Å². The van der Waals surface area contributed by atoms with Crippen molar-refractivity contribution >= 4 is 23.0 Å². The Labute approximate surface area is 167 Å². The van der Waals surface area contributed by atoms with E-state index in [1.807, 2.05) is 36.5 Å². The van der Waals surface area contributed by atoms with Crippen molar-refractivity contribution in [3.63, 3.8) is 0 Å². The first-order chi connectivity index (χ1) is 14.1. The van der Waals surface area contributed by atoms with Crippen molar-refractivity contribution in [2.45, 2.75) is 12.3 Å². The molecule has 1 unspecified atom stereocenters. The maximum absolute atomic E-state index is 12.5. The molecule has 0 bridgehead atoms. The van der Waals surface area contributed by atoms with Gasteiger partial charge in [-0.2, -0.15) is 5.10 Å². The number of fused-ring (bicyclic) bond motifs is 1. The lowest BCUT2D eigenvalue weighted by atomic mass is 9.99. The van der Waals surface area contributed by atoms with Crippen LogP contribution in [0.3, 0.4) is 0 Å². The van der Waals surface area contributed by atoms with Crippen LogP contribution in [0.15, 0.2) is 52.4 Å². The maximum Gasteiger partial charge on any atom is 0.287 e. The molecule has 0 radical (unpaired) electrons. The molecule has 1 amide bonds. The maximum atomic E-state index is 12.5. The molecule has 3 N–H and O–H groups in total. The Balaban J connectivity index is 1.45. The van der Waals surface area contributed by atoms with Gasteiger partial charge in [-0.1, -0.05) is 18.2 Å². The van der Waals surface area contributed by atoms with Crippen LogP contribution in [0, 0.1) is 0 Å². The first kappa shape index (κ1) is 18.7. The number of hydrogen-bond acceptors (Lipinski definition) is 6. The minimum Gasteiger partial charge on any atom is -0.497 e. The monoisotopic (exact) mass is 391 g/mol. The largest absolute Gasteiger partial charge is 0.497 e. The summed E-state index contributed by atoms with van der Waals surface area (Å²) in [6.45, 7) is 1.13. The molecule has 0 saturated carbocycles. The molecule has 3 aromatic rings. The van der Waals surface area contributed by atoms with Gasteiger partial charge in [0.25, 0.3) is 11.5 Å². The van der Waals surface area contributed by atoms with Gasteiger partial charge in [0.15, 0.2) is 5.82 Å². The van der Waals surface area contributed by atoms with Crippen molar-refractivity contribution in [1.82, 2.24) is 20.7 Å². The second-order valence-electron chi connectivity index (χ2n) is 6.79. The highest BCUT2D eigenvalue weighted by Gasteiger charge is 2.16. The molecule has 0 fully saturated rings. The molecular weight excluding hydrogens is 370 g/mol. The van der Waals surface area contributed by atoms with E-state index in [9.17, 15) is 9.59 Å². The molecule has 2 heterocycles. The Bertz CT molecular complexity index is 1120. The number of carbonyl (C=O) groups excluding carboxylic acids is 1. The lowest BCUT2D eigenvalue weighted by molar-refractivity contribution is 0.0944. The second-order valence-corrected chi connectivity index (χ2v) is 6.79. The summed E-state index contributed by atoms with van der Waals surface area (Å²) in [5.74, 6) is 0.512. The van der Waals surface area contributed by atoms with E-state index in [1.54, 1.807) is 19.2 Å². The number of methoxy groups -OCH3 is 1. The summed E-state index contributed by atoms with van der Waals surface area (Å²) >= 11 is 0. The normalized spacial score (nSPS) is 15.3. The van der Waals surface area contributed by atoms with Crippen molar-refractivity contribution in [2.75, 3.05) is 20.2 Å². The van der Waals surface area contributed by atoms with Crippen molar-refractivity contribution in [1.29, 1.82) is 0 Å². The van der Waals surface area contributed by atoms with E-state index < -0.39 is 5.91 Å². The predicted molar refractivity (Wildman–Crippen MR) is 111 cm³/mol. The van der Waals surface area contributed by atoms with Crippen LogP contribution in [0.2, 0.25) is 0 Å². The highest BCUT2D eigenvalue weighted by molar-refractivity contribution is 5.92. The van der Waals surface area contributed by atoms with Crippen LogP contribution >= 0.6 is 0 Å². The number of aromatic amines is 1. The topological polar surface area (TPSA) is 108 Å². The lowest BCUT2D eigenvalue weighted by Crippen LogP contribution is -2.29. The van der Waals surface area contributed by atoms with Gasteiger partial charge >= 0.3 is 0 Å². The van der Waals surface area contributed by atoms with Crippen molar-refractivity contribution in [3.8, 4) is 5.75 Å². The number of carbonyl (C=O) groups is 1. The molecule has 2 aromatic carbocycles. The zero-order valence-electron chi connectivity index (χ0n) is 15.9. The third kappa shape index (κ3) is 4.11. The Morgan fingerprint density at radius 1 is 1.24 bits per heavy atom. The van der Waals surface area contributed by atoms with E-state index in [2.05, 4.69) is 25.8 Å². The number of nitrogens with one attached hydrogen (secondary N) is 3. The molecule has 1 aliphatic rings. The number of amides is 1. The smallest absolute Gasteiger partial charge is 0.287 e. The third-order valence-electron chi connectivity index (χ3n) is 4.89. The van der Waals surface area contributed by atoms with E-state index >= 15 is 0 Å². The molecule has 0 spiro atoms. The fourth-order valence-corrected chi connectivity index (χ4v) is 3.24. The third-order valence-corrected chi connectivity index (χ3v) is 4.89. The fourth-order valence-electron chi connectivity index (χ4n) is 3.24. The van der Waals surface area contributed by atoms with Crippen LogP contribution in [-0.2, 0) is 6.42 Å². The molecular formula is C21H21N5O3. The first-order valence-corrected chi connectivity index (χ1v) is 9.35. The van der Waals surface area contributed by atoms with E-state index in [1.165, 1.54) is 0 Å². The summed E-state index contributed by atoms with van der Waals surface area (Å²) in [6.07, 6.45) is 2.47. The average molecular weight is 391 g/mol. The first-order valence-electron chi connectivity index (χ1n) is 9.35. The number of H-pyrrole nitrogens is 1. The number of aromatic nitrogens is 2. The Morgan fingerprint density at radius 2 is 2.07 bits per heavy atom. The quantitative estimate of drug-likeness (QED) is 0.591. The van der Waals surface area contributed by atoms with Crippen LogP contribution in [-0.4, -0.2) is 42.3 Å². The van der Waals surface area contributed by atoms with E-state index in [-0.39, 0.29) is 17.3 Å². The number of nitrogens with zero attached hydrogens (tertiary/aromatic N) is 2. The van der Waals surface area contributed by atoms with Crippen LogP contribution < -0.4 is 21.0 Å². The van der Waals surface area contributed by atoms with Crippen LogP contribution in [0.1, 0.15) is 27.7 Å². The van der Waals surface area contributed by atoms with Gasteiger partial charge in [-0.05, 0) is 41.8 Å². The molecule has 1 aliphatic heterocycles. The predicted octanol–water partition coefficient (Wildman–Crippen LogP) is 1.58. The molecule has 8 nitrogen and oxygen atoms in total. The summed E-state index contributed by atoms with van der Waals surface area (Å²) < 4.78 is 5.13. The summed E-state index contributed by atoms with van der Waals surface area (Å²) in [6, 6.07) is 13.1. The van der Waals surface area contributed by atoms with Gasteiger partial charge in [-0.3, -0.25) is 9.59 Å². The number of ether oxygens (including phenoxy) is 1. The highest BCUT2D eigenvalue weighted by atomic mass is 16.5. The molecule has 148 valence electrons. The number of benzene rings is 2. The standard InChI is InChI=1S/C21H21N5O3/c1-29-16-5-2-13(3-6-16)8-9-22-21(28)19-25-18-7-4-14(15-11-23-24-12-15)10-17(18)20(27)26-19/h2-7,10-11,15,24H,8-9,12H2,1H3,(H,22,28)(H,25,26,27). The zero-order valence-corrected chi connectivity index (χ0v) is 15.9. The summed E-state index contributed by atoms with van der Waals surface area (Å²) in [7, 11) is 1.62. The number of hydrazone groups is 1. The molecule has 8 heteroatoms. The Morgan fingerprint density at radius 3 is 2.79 bits per heavy atom. The molecule has 1 aromatic heterocycles. The van der Waals surface area contributed by atoms with Gasteiger partial charge < -0.3 is 20.5 Å². The summed E-state index contributed by atoms with van der Waals surface area (Å²) in [5.41, 5.74) is 5.11. The van der Waals surface area contributed by atoms with Crippen molar-refractivity contribution < 1.29 is 9.53 Å². The van der Waals surface area contributed by atoms with Gasteiger partial charge in [-0.15, -0.1) is 0 Å². The van der Waals surface area contributed by atoms with Crippen molar-refractivity contribution in [2.24, 2.45) is 5.10 Å². The van der Waals surface area contributed by atoms with Crippen LogP contribution in [0.25, 0.3) is 10.9 Å². The summed E-state index contributed by atoms with van der Waals surface area (Å²) in [4.78, 5) is 31.8. The van der Waals surface area contributed by atoms with Crippen molar-refractivity contribution in [3.05, 3.63) is 69.8 Å². The van der Waals surface area contributed by atoms with Gasteiger partial charge in [0.2, 0.25) is 0 Å². The minimum atomic E-state index is -0.409. The van der Waals surface area contributed by atoms with Gasteiger partial charge in [-0.25, -0.2) is 4.98 Å². The minimum absolute atomic E-state index is 0.00840. The zero-order chi connectivity index (χ0) is 20.2. The molecule has 29 heavy (non-hydrogen) atoms. The fraction of sp³-hybridized carbons (Fsp3) is 0.238. The highest BCUT2D eigenvalue weighted by Crippen LogP contribution is 2.19.